The summed E-state index contributed by atoms with van der Waals surface area (Å²) in [5.41, 5.74) is 5.46. The van der Waals surface area contributed by atoms with Crippen LogP contribution in [-0.4, -0.2) is 53.1 Å². The van der Waals surface area contributed by atoms with E-state index in [0.717, 1.165) is 44.2 Å². The number of aromatic hydroxyl groups is 1. The SMILES string of the molecule is N#C[S-].O=COc1ccnc(-c2cc(OC=O)ccn2)c1.Oc1ccc(-c2nc3c4cccnc4c4ncccc4c3[nH]2)cc1.[N-]=C=S.[Ru+2]. The maximum Gasteiger partial charge on any atom is 2.00 e. The van der Waals surface area contributed by atoms with Crippen molar-refractivity contribution in [1.82, 2.24) is 29.9 Å². The number of aromatic nitrogens is 6. The number of hydrogen-bond acceptors (Lipinski definition) is 13. The molecule has 0 bridgehead atoms. The summed E-state index contributed by atoms with van der Waals surface area (Å²) in [4.78, 5) is 45.9. The number of imidazole rings is 1. The minimum Gasteiger partial charge on any atom is -0.753 e. The van der Waals surface area contributed by atoms with Crippen molar-refractivity contribution in [3.05, 3.63) is 103 Å². The molecule has 49 heavy (non-hydrogen) atoms. The van der Waals surface area contributed by atoms with Crippen molar-refractivity contribution < 1.29 is 43.6 Å². The van der Waals surface area contributed by atoms with Gasteiger partial charge in [-0.25, -0.2) is 10.2 Å². The largest absolute Gasteiger partial charge is 2.00 e. The van der Waals surface area contributed by atoms with Gasteiger partial charge in [0.25, 0.3) is 12.9 Å². The molecule has 13 nitrogen and oxygen atoms in total. The van der Waals surface area contributed by atoms with Crippen LogP contribution >= 0.6 is 12.2 Å². The summed E-state index contributed by atoms with van der Waals surface area (Å²) < 4.78 is 9.42. The molecule has 0 aliphatic carbocycles. The molecule has 0 aliphatic heterocycles. The second kappa shape index (κ2) is 18.9. The molecule has 0 atom stereocenters. The molecule has 0 spiro atoms. The van der Waals surface area contributed by atoms with Gasteiger partial charge in [0.15, 0.2) is 0 Å². The molecular weight excluding hydrogens is 754 g/mol. The minimum absolute atomic E-state index is 0. The van der Waals surface area contributed by atoms with Crippen molar-refractivity contribution in [3.8, 4) is 45.4 Å². The topological polar surface area (TPSA) is 199 Å². The number of hydrogen-bond donors (Lipinski definition) is 2. The van der Waals surface area contributed by atoms with Gasteiger partial charge in [0, 0.05) is 53.3 Å². The molecule has 0 unspecified atom stereocenters. The van der Waals surface area contributed by atoms with Gasteiger partial charge in [0.05, 0.1) is 33.5 Å². The van der Waals surface area contributed by atoms with E-state index in [9.17, 15) is 14.7 Å². The number of carbonyl (C=O) groups excluding carboxylic acids is 2. The Morgan fingerprint density at radius 3 is 1.80 bits per heavy atom. The number of phenols is 1. The van der Waals surface area contributed by atoms with Gasteiger partial charge in [-0.15, -0.1) is 0 Å². The van der Waals surface area contributed by atoms with E-state index in [-0.39, 0.29) is 25.2 Å². The Bertz CT molecular complexity index is 2150. The summed E-state index contributed by atoms with van der Waals surface area (Å²) >= 11 is 7.40. The van der Waals surface area contributed by atoms with Gasteiger partial charge < -0.3 is 37.6 Å². The Hall–Kier alpha value is -6.10. The van der Waals surface area contributed by atoms with Crippen LogP contribution in [0.3, 0.4) is 0 Å². The van der Waals surface area contributed by atoms with E-state index in [1.165, 1.54) is 23.0 Å². The number of isothiocyanates is 1. The fourth-order valence-electron chi connectivity index (χ4n) is 4.46. The Morgan fingerprint density at radius 2 is 1.29 bits per heavy atom. The number of carbonyl (C=O) groups is 2. The molecule has 0 saturated heterocycles. The van der Waals surface area contributed by atoms with Gasteiger partial charge in [-0.2, -0.15) is 5.16 Å². The summed E-state index contributed by atoms with van der Waals surface area (Å²) in [6.45, 7) is 0.664. The third-order valence-corrected chi connectivity index (χ3v) is 6.30. The number of benzene rings is 2. The van der Waals surface area contributed by atoms with E-state index in [2.05, 4.69) is 49.8 Å². The molecule has 242 valence electrons. The number of thiocyanates is 1. The maximum atomic E-state index is 10.2. The standard InChI is InChI=1S/C19H12N4O.C12H8N2O4.CHNS.CNS.Ru/c24-12-7-5-11(6-8-12)19-22-17-13-3-1-9-20-15(13)16-14(18(17)23-19)4-2-10-21-16;15-7-17-9-1-3-13-11(5-9)12-6-10(18-8-16)2-4-14-12;2*2-1-3;/h1-10,24H,(H,22,23);1-8H;3H;;/q;;;-1;+2/p-1. The molecule has 0 aliphatic rings. The van der Waals surface area contributed by atoms with Crippen molar-refractivity contribution in [2.45, 2.75) is 0 Å². The quantitative estimate of drug-likeness (QED) is 0.0385. The Kier molecular flexibility index (Phi) is 14.4. The normalized spacial score (nSPS) is 9.45. The van der Waals surface area contributed by atoms with Gasteiger partial charge in [-0.3, -0.25) is 29.5 Å². The first-order chi connectivity index (χ1) is 23.5. The Labute approximate surface area is 301 Å². The smallest absolute Gasteiger partial charge is 0.753 e. The van der Waals surface area contributed by atoms with E-state index in [4.69, 9.17) is 25.1 Å². The zero-order valence-corrected chi connectivity index (χ0v) is 28.1. The van der Waals surface area contributed by atoms with E-state index >= 15 is 0 Å². The fraction of sp³-hybridized carbons (Fsp3) is 0. The average Bonchev–Trinajstić information content (AvgIpc) is 3.57. The zero-order chi connectivity index (χ0) is 34.3. The van der Waals surface area contributed by atoms with Gasteiger partial charge in [0.2, 0.25) is 0 Å². The summed E-state index contributed by atoms with van der Waals surface area (Å²) in [6.07, 6.45) is 6.53. The zero-order valence-electron chi connectivity index (χ0n) is 24.8. The molecule has 0 saturated carbocycles. The molecule has 0 radical (unpaired) electrons. The second-order valence-electron chi connectivity index (χ2n) is 9.02. The van der Waals surface area contributed by atoms with Crippen LogP contribution in [0.4, 0.5) is 0 Å². The number of thiocarbonyl (C=S) groups is 1. The predicted molar refractivity (Wildman–Crippen MR) is 184 cm³/mol. The van der Waals surface area contributed by atoms with Crippen molar-refractivity contribution in [3.63, 3.8) is 0 Å². The number of nitrogens with one attached hydrogen (secondary N) is 1. The molecule has 0 amide bonds. The van der Waals surface area contributed by atoms with Crippen molar-refractivity contribution >= 4 is 75.8 Å². The van der Waals surface area contributed by atoms with Gasteiger partial charge in [-0.1, -0.05) is 17.6 Å². The molecule has 5 heterocycles. The monoisotopic (exact) mass is 774 g/mol. The summed E-state index contributed by atoms with van der Waals surface area (Å²) in [5, 5.41) is 28.4. The molecule has 7 rings (SSSR count). The number of rotatable bonds is 6. The molecule has 0 fully saturated rings. The fourth-order valence-corrected chi connectivity index (χ4v) is 4.46. The number of pyridine rings is 4. The maximum absolute atomic E-state index is 10.2. The Morgan fingerprint density at radius 1 is 0.796 bits per heavy atom. The van der Waals surface area contributed by atoms with Crippen LogP contribution in [0.25, 0.3) is 61.0 Å². The number of phenolic OH excluding ortho intramolecular Hbond substituents is 1. The predicted octanol–water partition coefficient (Wildman–Crippen LogP) is 5.92. The van der Waals surface area contributed by atoms with Gasteiger partial charge >= 0.3 is 19.5 Å². The first kappa shape index (κ1) is 37.4. The van der Waals surface area contributed by atoms with Crippen LogP contribution < -0.4 is 9.47 Å². The Balaban J connectivity index is 0.000000232. The molecule has 5 aromatic heterocycles. The van der Waals surface area contributed by atoms with Crippen molar-refractivity contribution in [2.24, 2.45) is 0 Å². The molecule has 16 heteroatoms. The number of fused-ring (bicyclic) bond motifs is 6. The number of ether oxygens (including phenoxy) is 2. The van der Waals surface area contributed by atoms with Crippen LogP contribution in [-0.2, 0) is 41.7 Å². The summed E-state index contributed by atoms with van der Waals surface area (Å²) in [5.74, 6) is 1.71. The minimum atomic E-state index is 0. The van der Waals surface area contributed by atoms with Crippen LogP contribution in [0.5, 0.6) is 17.2 Å². The molecule has 7 aromatic rings. The van der Waals surface area contributed by atoms with E-state index in [1.807, 2.05) is 36.4 Å². The van der Waals surface area contributed by atoms with E-state index in [1.54, 1.807) is 48.8 Å². The average molecular weight is 774 g/mol. The van der Waals surface area contributed by atoms with Gasteiger partial charge in [-0.05, 0) is 60.7 Å². The van der Waals surface area contributed by atoms with Crippen LogP contribution in [0, 0.1) is 10.7 Å². The summed E-state index contributed by atoms with van der Waals surface area (Å²) in [6, 6.07) is 21.1. The third-order valence-electron chi connectivity index (χ3n) is 6.30. The van der Waals surface area contributed by atoms with Crippen LogP contribution in [0.15, 0.2) is 97.6 Å². The number of nitrogens with zero attached hydrogens (tertiary/aromatic N) is 7. The number of H-pyrrole nitrogens is 1. The summed E-state index contributed by atoms with van der Waals surface area (Å²) in [7, 11) is 0. The molecular formula is C33H20N8O5RuS2. The van der Waals surface area contributed by atoms with E-state index < -0.39 is 0 Å². The molecule has 2 aromatic carbocycles. The first-order valence-corrected chi connectivity index (χ1v) is 14.3. The second-order valence-corrected chi connectivity index (χ2v) is 9.38. The van der Waals surface area contributed by atoms with Gasteiger partial charge in [0.1, 0.15) is 23.1 Å². The van der Waals surface area contributed by atoms with Crippen LogP contribution in [0.2, 0.25) is 0 Å². The molecule has 2 N–H and O–H groups in total. The van der Waals surface area contributed by atoms with Crippen molar-refractivity contribution in [1.29, 1.82) is 5.26 Å². The number of aromatic amines is 1. The number of nitriles is 1. The third kappa shape index (κ3) is 9.48. The van der Waals surface area contributed by atoms with Crippen molar-refractivity contribution in [2.75, 3.05) is 0 Å². The van der Waals surface area contributed by atoms with E-state index in [0.29, 0.717) is 35.8 Å². The van der Waals surface area contributed by atoms with Crippen LogP contribution in [0.1, 0.15) is 0 Å². The first-order valence-electron chi connectivity index (χ1n) is 13.4.